The van der Waals surface area contributed by atoms with E-state index in [9.17, 15) is 22.8 Å². The Morgan fingerprint density at radius 2 is 1.87 bits per heavy atom. The lowest BCUT2D eigenvalue weighted by Gasteiger charge is -2.48. The molecule has 0 atom stereocenters. The number of hydrogen-bond acceptors (Lipinski definition) is 5. The highest BCUT2D eigenvalue weighted by Gasteiger charge is 2.40. The Morgan fingerprint density at radius 1 is 1.19 bits per heavy atom. The lowest BCUT2D eigenvalue weighted by atomic mass is 9.79. The van der Waals surface area contributed by atoms with E-state index in [2.05, 4.69) is 15.3 Å². The van der Waals surface area contributed by atoms with Gasteiger partial charge in [0.05, 0.1) is 18.9 Å². The minimum atomic E-state index is -4.77. The van der Waals surface area contributed by atoms with Crippen LogP contribution in [-0.4, -0.2) is 59.0 Å². The van der Waals surface area contributed by atoms with Crippen molar-refractivity contribution >= 4 is 5.91 Å². The number of hydrogen-bond donors (Lipinski definition) is 1. The van der Waals surface area contributed by atoms with E-state index in [1.54, 1.807) is 0 Å². The van der Waals surface area contributed by atoms with Crippen molar-refractivity contribution in [3.63, 3.8) is 0 Å². The summed E-state index contributed by atoms with van der Waals surface area (Å²) >= 11 is 0. The standard InChI is InChI=1S/C21H29F3N4O3/c22-21(23,24)16-12-17(15-4-5-15)26-28(19(16)30)13-18(29)25-14-20(6-2-1-3-7-20)27-8-10-31-11-9-27/h12,15H,1-11,13-14H2,(H,25,29). The number of carbonyl (C=O) groups excluding carboxylic acids is 1. The first-order valence-corrected chi connectivity index (χ1v) is 11.1. The van der Waals surface area contributed by atoms with Crippen LogP contribution in [0.5, 0.6) is 0 Å². The molecule has 2 heterocycles. The number of aromatic nitrogens is 2. The molecule has 1 amide bonds. The van der Waals surface area contributed by atoms with Gasteiger partial charge in [-0.25, -0.2) is 4.68 Å². The fraction of sp³-hybridized carbons (Fsp3) is 0.762. The Balaban J connectivity index is 1.48. The van der Waals surface area contributed by atoms with E-state index < -0.39 is 29.8 Å². The molecule has 3 aliphatic rings. The third-order valence-electron chi connectivity index (χ3n) is 6.67. The van der Waals surface area contributed by atoms with Crippen molar-refractivity contribution in [2.45, 2.75) is 69.1 Å². The molecule has 4 rings (SSSR count). The number of carbonyl (C=O) groups is 1. The molecule has 0 radical (unpaired) electrons. The second-order valence-corrected chi connectivity index (χ2v) is 8.88. The summed E-state index contributed by atoms with van der Waals surface area (Å²) in [6, 6.07) is 0.837. The van der Waals surface area contributed by atoms with Crippen LogP contribution in [0.3, 0.4) is 0 Å². The van der Waals surface area contributed by atoms with Crippen molar-refractivity contribution in [1.82, 2.24) is 20.0 Å². The lowest BCUT2D eigenvalue weighted by Crippen LogP contribution is -2.60. The molecule has 0 aromatic carbocycles. The molecule has 7 nitrogen and oxygen atoms in total. The Hall–Kier alpha value is -1.94. The number of nitrogens with zero attached hydrogens (tertiary/aromatic N) is 3. The Morgan fingerprint density at radius 3 is 2.48 bits per heavy atom. The van der Waals surface area contributed by atoms with Gasteiger partial charge >= 0.3 is 6.18 Å². The summed E-state index contributed by atoms with van der Waals surface area (Å²) in [4.78, 5) is 27.4. The fourth-order valence-corrected chi connectivity index (χ4v) is 4.76. The second kappa shape index (κ2) is 8.90. The first-order valence-electron chi connectivity index (χ1n) is 11.1. The van der Waals surface area contributed by atoms with Crippen molar-refractivity contribution in [1.29, 1.82) is 0 Å². The molecule has 1 aliphatic heterocycles. The van der Waals surface area contributed by atoms with Gasteiger partial charge in [-0.05, 0) is 31.7 Å². The van der Waals surface area contributed by atoms with Crippen molar-refractivity contribution in [3.05, 3.63) is 27.7 Å². The second-order valence-electron chi connectivity index (χ2n) is 8.88. The number of rotatable bonds is 6. The summed E-state index contributed by atoms with van der Waals surface area (Å²) in [6.45, 7) is 2.81. The first-order chi connectivity index (χ1) is 14.8. The van der Waals surface area contributed by atoms with Crippen LogP contribution in [0.1, 0.15) is 62.1 Å². The van der Waals surface area contributed by atoms with Gasteiger partial charge in [0, 0.05) is 31.1 Å². The summed E-state index contributed by atoms with van der Waals surface area (Å²) < 4.78 is 46.1. The molecule has 0 bridgehead atoms. The van der Waals surface area contributed by atoms with Crippen LogP contribution in [0.25, 0.3) is 0 Å². The highest BCUT2D eigenvalue weighted by molar-refractivity contribution is 5.75. The molecular formula is C21H29F3N4O3. The summed E-state index contributed by atoms with van der Waals surface area (Å²) in [5, 5.41) is 6.95. The molecule has 10 heteroatoms. The van der Waals surface area contributed by atoms with E-state index in [0.717, 1.165) is 64.1 Å². The van der Waals surface area contributed by atoms with Gasteiger partial charge in [-0.2, -0.15) is 18.3 Å². The van der Waals surface area contributed by atoms with Crippen molar-refractivity contribution in [2.75, 3.05) is 32.8 Å². The van der Waals surface area contributed by atoms with Crippen molar-refractivity contribution in [2.24, 2.45) is 0 Å². The van der Waals surface area contributed by atoms with E-state index in [1.807, 2.05) is 0 Å². The Bertz CT molecular complexity index is 854. The molecule has 172 valence electrons. The van der Waals surface area contributed by atoms with Gasteiger partial charge in [-0.3, -0.25) is 14.5 Å². The molecule has 1 aromatic heterocycles. The quantitative estimate of drug-likeness (QED) is 0.732. The zero-order valence-corrected chi connectivity index (χ0v) is 17.5. The molecular weight excluding hydrogens is 413 g/mol. The van der Waals surface area contributed by atoms with E-state index in [4.69, 9.17) is 4.74 Å². The van der Waals surface area contributed by atoms with Crippen LogP contribution < -0.4 is 10.9 Å². The smallest absolute Gasteiger partial charge is 0.379 e. The molecule has 0 unspecified atom stereocenters. The van der Waals surface area contributed by atoms with Crippen LogP contribution in [0.15, 0.2) is 10.9 Å². The summed E-state index contributed by atoms with van der Waals surface area (Å²) in [6.07, 6.45) is 1.95. The number of halogens is 3. The summed E-state index contributed by atoms with van der Waals surface area (Å²) in [5.74, 6) is -0.559. The number of morpholine rings is 1. The molecule has 1 N–H and O–H groups in total. The van der Waals surface area contributed by atoms with E-state index >= 15 is 0 Å². The van der Waals surface area contributed by atoms with E-state index in [-0.39, 0.29) is 17.2 Å². The van der Waals surface area contributed by atoms with Gasteiger partial charge in [-0.15, -0.1) is 0 Å². The summed E-state index contributed by atoms with van der Waals surface area (Å²) in [5.41, 5.74) is -2.46. The van der Waals surface area contributed by atoms with Crippen molar-refractivity contribution < 1.29 is 22.7 Å². The third-order valence-corrected chi connectivity index (χ3v) is 6.67. The van der Waals surface area contributed by atoms with Crippen LogP contribution in [0, 0.1) is 0 Å². The molecule has 0 spiro atoms. The highest BCUT2D eigenvalue weighted by Crippen LogP contribution is 2.40. The maximum absolute atomic E-state index is 13.3. The summed E-state index contributed by atoms with van der Waals surface area (Å²) in [7, 11) is 0. The number of alkyl halides is 3. The lowest BCUT2D eigenvalue weighted by molar-refractivity contribution is -0.139. The minimum absolute atomic E-state index is 0.0668. The number of ether oxygens (including phenoxy) is 1. The molecule has 2 aliphatic carbocycles. The first kappa shape index (κ1) is 22.3. The largest absolute Gasteiger partial charge is 0.421 e. The normalized spacial score (nSPS) is 22.3. The molecule has 3 fully saturated rings. The van der Waals surface area contributed by atoms with Gasteiger partial charge in [-0.1, -0.05) is 19.3 Å². The van der Waals surface area contributed by atoms with Crippen LogP contribution >= 0.6 is 0 Å². The fourth-order valence-electron chi connectivity index (χ4n) is 4.76. The average molecular weight is 442 g/mol. The monoisotopic (exact) mass is 442 g/mol. The van der Waals surface area contributed by atoms with Gasteiger partial charge in [0.15, 0.2) is 0 Å². The molecule has 1 saturated heterocycles. The van der Waals surface area contributed by atoms with Gasteiger partial charge in [0.1, 0.15) is 12.1 Å². The molecule has 31 heavy (non-hydrogen) atoms. The zero-order chi connectivity index (χ0) is 22.1. The predicted octanol–water partition coefficient (Wildman–Crippen LogP) is 2.29. The Labute approximate surface area is 178 Å². The van der Waals surface area contributed by atoms with Gasteiger partial charge in [0.2, 0.25) is 5.91 Å². The third kappa shape index (κ3) is 5.11. The van der Waals surface area contributed by atoms with E-state index in [1.165, 1.54) is 0 Å². The average Bonchev–Trinajstić information content (AvgIpc) is 3.60. The highest BCUT2D eigenvalue weighted by atomic mass is 19.4. The SMILES string of the molecule is O=C(Cn1nc(C2CC2)cc(C(F)(F)F)c1=O)NCC1(N2CCOCC2)CCCCC1. The Kier molecular flexibility index (Phi) is 6.39. The molecule has 2 saturated carbocycles. The minimum Gasteiger partial charge on any atom is -0.379 e. The number of amides is 1. The van der Waals surface area contributed by atoms with E-state index in [0.29, 0.717) is 24.4 Å². The van der Waals surface area contributed by atoms with Crippen molar-refractivity contribution in [3.8, 4) is 0 Å². The van der Waals surface area contributed by atoms with Crippen LogP contribution in [0.4, 0.5) is 13.2 Å². The number of nitrogens with one attached hydrogen (secondary N) is 1. The zero-order valence-electron chi connectivity index (χ0n) is 17.5. The van der Waals surface area contributed by atoms with Gasteiger partial charge < -0.3 is 10.1 Å². The van der Waals surface area contributed by atoms with Gasteiger partial charge in [0.25, 0.3) is 5.56 Å². The van der Waals surface area contributed by atoms with Crippen LogP contribution in [-0.2, 0) is 22.3 Å². The maximum Gasteiger partial charge on any atom is 0.421 e. The predicted molar refractivity (Wildman–Crippen MR) is 107 cm³/mol. The van der Waals surface area contributed by atoms with Crippen LogP contribution in [0.2, 0.25) is 0 Å². The molecule has 1 aromatic rings. The maximum atomic E-state index is 13.3. The topological polar surface area (TPSA) is 76.5 Å².